The number of aryl methyl sites for hydroxylation is 1. The van der Waals surface area contributed by atoms with Crippen molar-refractivity contribution in [2.75, 3.05) is 36.1 Å². The predicted molar refractivity (Wildman–Crippen MR) is 175 cm³/mol. The van der Waals surface area contributed by atoms with Crippen molar-refractivity contribution < 1.29 is 18.5 Å². The molecule has 1 atom stereocenters. The Hall–Kier alpha value is -4.71. The number of hydrogen-bond donors (Lipinski definition) is 4. The Balaban J connectivity index is 1.29. The zero-order chi connectivity index (χ0) is 31.1. The van der Waals surface area contributed by atoms with Crippen LogP contribution in [0.3, 0.4) is 0 Å². The van der Waals surface area contributed by atoms with Crippen molar-refractivity contribution in [3.8, 4) is 11.5 Å². The number of aromatic nitrogens is 2. The minimum Gasteiger partial charge on any atom is -0.497 e. The van der Waals surface area contributed by atoms with E-state index in [9.17, 15) is 9.00 Å². The number of benzene rings is 4. The molecule has 0 radical (unpaired) electrons. The van der Waals surface area contributed by atoms with E-state index in [0.717, 1.165) is 11.1 Å². The number of rotatable bonds is 12. The van der Waals surface area contributed by atoms with Crippen LogP contribution in [0, 0.1) is 6.92 Å². The quantitative estimate of drug-likeness (QED) is 0.128. The van der Waals surface area contributed by atoms with E-state index < -0.39 is 11.0 Å². The standard InChI is InChI=1S/C32H31ClN6O4S/c1-20-11-12-21(13-27(20)33)18-34-19-30(40)35-22-7-6-8-26(16-22)44(41)39-32-31(37-28-9-4-5-10-29(28)38-32)36-23-14-24(42-2)17-25(15-23)43-3/h4-17,34H,18-19H2,1-3H3,(H,35,40)(H,36,37)(H,38,39). The minimum atomic E-state index is -1.74. The van der Waals surface area contributed by atoms with Crippen molar-refractivity contribution >= 4 is 62.5 Å². The number of hydrogen-bond acceptors (Lipinski definition) is 8. The van der Waals surface area contributed by atoms with Gasteiger partial charge in [0.15, 0.2) is 22.6 Å². The lowest BCUT2D eigenvalue weighted by molar-refractivity contribution is -0.115. The van der Waals surface area contributed by atoms with Gasteiger partial charge in [-0.25, -0.2) is 14.2 Å². The second kappa shape index (κ2) is 14.2. The van der Waals surface area contributed by atoms with Gasteiger partial charge >= 0.3 is 0 Å². The molecule has 10 nitrogen and oxygen atoms in total. The van der Waals surface area contributed by atoms with Gasteiger partial charge in [-0.05, 0) is 54.4 Å². The summed E-state index contributed by atoms with van der Waals surface area (Å²) in [6.45, 7) is 2.52. The molecule has 1 amide bonds. The number of anilines is 4. The third kappa shape index (κ3) is 7.81. The lowest BCUT2D eigenvalue weighted by Gasteiger charge is -2.15. The first-order valence-electron chi connectivity index (χ1n) is 13.6. The summed E-state index contributed by atoms with van der Waals surface area (Å²) in [6.07, 6.45) is 0. The van der Waals surface area contributed by atoms with E-state index in [2.05, 4.69) is 25.7 Å². The molecule has 5 rings (SSSR count). The second-order valence-corrected chi connectivity index (χ2v) is 11.4. The molecular formula is C32H31ClN6O4S. The Labute approximate surface area is 262 Å². The number of para-hydroxylation sites is 2. The van der Waals surface area contributed by atoms with Gasteiger partial charge in [0.25, 0.3) is 0 Å². The smallest absolute Gasteiger partial charge is 0.238 e. The Morgan fingerprint density at radius 3 is 2.23 bits per heavy atom. The average Bonchev–Trinajstić information content (AvgIpc) is 3.03. The van der Waals surface area contributed by atoms with E-state index in [4.69, 9.17) is 26.1 Å². The number of carbonyl (C=O) groups is 1. The number of nitrogens with zero attached hydrogens (tertiary/aromatic N) is 2. The number of ether oxygens (including phenoxy) is 2. The molecule has 5 aromatic rings. The highest BCUT2D eigenvalue weighted by molar-refractivity contribution is 7.86. The number of halogens is 1. The van der Waals surface area contributed by atoms with Crippen molar-refractivity contribution in [2.24, 2.45) is 0 Å². The number of amides is 1. The van der Waals surface area contributed by atoms with E-state index in [1.807, 2.05) is 49.4 Å². The van der Waals surface area contributed by atoms with E-state index in [1.165, 1.54) is 0 Å². The summed E-state index contributed by atoms with van der Waals surface area (Å²) in [7, 11) is 1.40. The molecule has 0 spiro atoms. The second-order valence-electron chi connectivity index (χ2n) is 9.77. The van der Waals surface area contributed by atoms with Crippen LogP contribution in [0.1, 0.15) is 11.1 Å². The van der Waals surface area contributed by atoms with Crippen molar-refractivity contribution in [3.05, 3.63) is 101 Å². The molecule has 226 valence electrons. The van der Waals surface area contributed by atoms with Crippen LogP contribution in [-0.2, 0) is 22.3 Å². The predicted octanol–water partition coefficient (Wildman–Crippen LogP) is 6.22. The highest BCUT2D eigenvalue weighted by Gasteiger charge is 2.15. The summed E-state index contributed by atoms with van der Waals surface area (Å²) in [5.41, 5.74) is 4.41. The topological polar surface area (TPSA) is 127 Å². The first-order valence-corrected chi connectivity index (χ1v) is 15.1. The van der Waals surface area contributed by atoms with Crippen molar-refractivity contribution in [1.82, 2.24) is 15.3 Å². The fourth-order valence-electron chi connectivity index (χ4n) is 4.28. The normalized spacial score (nSPS) is 11.5. The zero-order valence-electron chi connectivity index (χ0n) is 24.3. The van der Waals surface area contributed by atoms with Gasteiger partial charge in [0, 0.05) is 41.1 Å². The van der Waals surface area contributed by atoms with Crippen LogP contribution in [0.25, 0.3) is 11.0 Å². The number of methoxy groups -OCH3 is 2. The lowest BCUT2D eigenvalue weighted by atomic mass is 10.1. The average molecular weight is 631 g/mol. The Morgan fingerprint density at radius 2 is 1.55 bits per heavy atom. The summed E-state index contributed by atoms with van der Waals surface area (Å²) in [5.74, 6) is 1.58. The largest absolute Gasteiger partial charge is 0.497 e. The highest BCUT2D eigenvalue weighted by Crippen LogP contribution is 2.31. The highest BCUT2D eigenvalue weighted by atomic mass is 35.5. The van der Waals surface area contributed by atoms with E-state index in [1.54, 1.807) is 56.7 Å². The van der Waals surface area contributed by atoms with Crippen molar-refractivity contribution in [1.29, 1.82) is 0 Å². The molecule has 0 aliphatic rings. The molecule has 1 heterocycles. The fraction of sp³-hybridized carbons (Fsp3) is 0.156. The molecule has 4 N–H and O–H groups in total. The van der Waals surface area contributed by atoms with Crippen LogP contribution in [-0.4, -0.2) is 40.8 Å². The molecule has 0 aliphatic heterocycles. The van der Waals surface area contributed by atoms with Gasteiger partial charge in [-0.15, -0.1) is 0 Å². The molecule has 1 unspecified atom stereocenters. The molecule has 0 saturated carbocycles. The van der Waals surface area contributed by atoms with Gasteiger partial charge in [-0.3, -0.25) is 9.52 Å². The Bertz CT molecular complexity index is 1810. The zero-order valence-corrected chi connectivity index (χ0v) is 25.9. The van der Waals surface area contributed by atoms with Crippen molar-refractivity contribution in [3.63, 3.8) is 0 Å². The molecule has 0 bridgehead atoms. The molecule has 0 aliphatic carbocycles. The summed E-state index contributed by atoms with van der Waals surface area (Å²) in [5, 5.41) is 9.89. The first kappa shape index (κ1) is 30.7. The first-order chi connectivity index (χ1) is 21.3. The van der Waals surface area contributed by atoms with Crippen LogP contribution in [0.15, 0.2) is 89.8 Å². The molecule has 44 heavy (non-hydrogen) atoms. The molecule has 1 aromatic heterocycles. The van der Waals surface area contributed by atoms with Crippen LogP contribution in [0.4, 0.5) is 23.0 Å². The van der Waals surface area contributed by atoms with E-state index in [-0.39, 0.29) is 18.3 Å². The summed E-state index contributed by atoms with van der Waals surface area (Å²) in [6, 6.07) is 25.3. The van der Waals surface area contributed by atoms with Crippen LogP contribution in [0.5, 0.6) is 11.5 Å². The monoisotopic (exact) mass is 630 g/mol. The van der Waals surface area contributed by atoms with Crippen LogP contribution in [0.2, 0.25) is 5.02 Å². The number of carbonyl (C=O) groups excluding carboxylic acids is 1. The number of nitrogens with one attached hydrogen (secondary N) is 4. The van der Waals surface area contributed by atoms with E-state index in [0.29, 0.717) is 56.2 Å². The van der Waals surface area contributed by atoms with Crippen LogP contribution < -0.4 is 30.1 Å². The SMILES string of the molecule is COc1cc(Nc2nc3ccccc3nc2NS(=O)c2cccc(NC(=O)CNCc3ccc(C)c(Cl)c3)c2)cc(OC)c1. The van der Waals surface area contributed by atoms with E-state index >= 15 is 0 Å². The van der Waals surface area contributed by atoms with Gasteiger partial charge in [-0.1, -0.05) is 41.9 Å². The molecule has 4 aromatic carbocycles. The van der Waals surface area contributed by atoms with Gasteiger partial charge in [-0.2, -0.15) is 0 Å². The number of fused-ring (bicyclic) bond motifs is 1. The van der Waals surface area contributed by atoms with Gasteiger partial charge in [0.05, 0.1) is 36.7 Å². The van der Waals surface area contributed by atoms with Gasteiger partial charge in [0.1, 0.15) is 11.5 Å². The lowest BCUT2D eigenvalue weighted by Crippen LogP contribution is -2.27. The molecule has 0 fully saturated rings. The maximum atomic E-state index is 13.5. The minimum absolute atomic E-state index is 0.0911. The molecular weight excluding hydrogens is 600 g/mol. The van der Waals surface area contributed by atoms with Crippen LogP contribution >= 0.6 is 11.6 Å². The Morgan fingerprint density at radius 1 is 0.841 bits per heavy atom. The van der Waals surface area contributed by atoms with Gasteiger partial charge < -0.3 is 25.4 Å². The maximum absolute atomic E-state index is 13.5. The summed E-state index contributed by atoms with van der Waals surface area (Å²) in [4.78, 5) is 22.4. The van der Waals surface area contributed by atoms with Crippen molar-refractivity contribution in [2.45, 2.75) is 18.4 Å². The third-order valence-corrected chi connectivity index (χ3v) is 8.02. The third-order valence-electron chi connectivity index (χ3n) is 6.56. The van der Waals surface area contributed by atoms with Gasteiger partial charge in [0.2, 0.25) is 5.91 Å². The molecule has 12 heteroatoms. The fourth-order valence-corrected chi connectivity index (χ4v) is 5.36. The molecule has 0 saturated heterocycles. The Kier molecular flexibility index (Phi) is 9.90. The summed E-state index contributed by atoms with van der Waals surface area (Å²) >= 11 is 6.19. The summed E-state index contributed by atoms with van der Waals surface area (Å²) < 4.78 is 27.3. The maximum Gasteiger partial charge on any atom is 0.238 e.